The largest absolute Gasteiger partial charge is 0.384 e. The molecule has 0 aromatic heterocycles. The van der Waals surface area contributed by atoms with E-state index in [4.69, 9.17) is 4.74 Å². The fourth-order valence-electron chi connectivity index (χ4n) is 4.24. The second-order valence-electron chi connectivity index (χ2n) is 8.08. The minimum absolute atomic E-state index is 0. The number of carbonyl (C=O) groups is 1. The van der Waals surface area contributed by atoms with Crippen LogP contribution >= 0.6 is 24.8 Å². The Labute approximate surface area is 191 Å². The van der Waals surface area contributed by atoms with Gasteiger partial charge in [0.1, 0.15) is 5.82 Å². The topological polar surface area (TPSA) is 56.8 Å². The van der Waals surface area contributed by atoms with Gasteiger partial charge in [0.05, 0.1) is 12.6 Å². The van der Waals surface area contributed by atoms with Crippen LogP contribution in [0.4, 0.5) is 10.1 Å². The van der Waals surface area contributed by atoms with Gasteiger partial charge in [-0.3, -0.25) is 9.69 Å². The summed E-state index contributed by atoms with van der Waals surface area (Å²) in [6.45, 7) is 8.58. The van der Waals surface area contributed by atoms with Gasteiger partial charge >= 0.3 is 0 Å². The number of ether oxygens (including phenoxy) is 1. The van der Waals surface area contributed by atoms with Crippen molar-refractivity contribution in [1.82, 2.24) is 15.5 Å². The van der Waals surface area contributed by atoms with Crippen molar-refractivity contribution >= 4 is 36.4 Å². The van der Waals surface area contributed by atoms with Crippen LogP contribution in [0.5, 0.6) is 0 Å². The molecule has 0 saturated carbocycles. The van der Waals surface area contributed by atoms with E-state index in [1.54, 1.807) is 7.11 Å². The Morgan fingerprint density at radius 2 is 1.77 bits per heavy atom. The number of hydrogen-bond acceptors (Lipinski definition) is 5. The average Bonchev–Trinajstić information content (AvgIpc) is 2.73. The quantitative estimate of drug-likeness (QED) is 0.648. The highest BCUT2D eigenvalue weighted by Crippen LogP contribution is 2.28. The number of piperidine rings is 1. The Morgan fingerprint density at radius 1 is 1.17 bits per heavy atom. The van der Waals surface area contributed by atoms with Gasteiger partial charge in [-0.25, -0.2) is 4.39 Å². The third kappa shape index (κ3) is 6.95. The van der Waals surface area contributed by atoms with Crippen molar-refractivity contribution in [3.8, 4) is 0 Å². The van der Waals surface area contributed by atoms with Crippen LogP contribution in [-0.2, 0) is 9.53 Å². The van der Waals surface area contributed by atoms with Gasteiger partial charge in [-0.05, 0) is 57.1 Å². The van der Waals surface area contributed by atoms with E-state index in [0.29, 0.717) is 13.2 Å². The number of carbonyl (C=O) groups excluding carboxylic acids is 1. The third-order valence-electron chi connectivity index (χ3n) is 6.19. The van der Waals surface area contributed by atoms with Gasteiger partial charge in [0.15, 0.2) is 0 Å². The van der Waals surface area contributed by atoms with E-state index in [1.165, 1.54) is 12.1 Å². The molecule has 0 radical (unpaired) electrons. The zero-order chi connectivity index (χ0) is 20.0. The van der Waals surface area contributed by atoms with Crippen LogP contribution in [-0.4, -0.2) is 76.4 Å². The standard InChI is InChI=1S/C21H33FN4O2.2ClH/c1-17(20(27)24-15-21(16-28-2)7-9-23-10-8-21)25-11-13-26(14-12-25)19-5-3-18(22)4-6-19;;/h3-6,17,23H,7-16H2,1-2H3,(H,24,27);2*1H. The number of hydrogen-bond donors (Lipinski definition) is 2. The van der Waals surface area contributed by atoms with E-state index in [1.807, 2.05) is 19.1 Å². The van der Waals surface area contributed by atoms with E-state index < -0.39 is 0 Å². The molecular weight excluding hydrogens is 430 g/mol. The molecule has 1 atom stereocenters. The summed E-state index contributed by atoms with van der Waals surface area (Å²) in [5.74, 6) is -0.128. The van der Waals surface area contributed by atoms with Crippen LogP contribution in [0, 0.1) is 11.2 Å². The lowest BCUT2D eigenvalue weighted by atomic mass is 9.79. The van der Waals surface area contributed by atoms with Crippen LogP contribution in [0.25, 0.3) is 0 Å². The predicted octanol–water partition coefficient (Wildman–Crippen LogP) is 2.31. The number of piperazine rings is 1. The van der Waals surface area contributed by atoms with Gasteiger partial charge in [-0.2, -0.15) is 0 Å². The fraction of sp³-hybridized carbons (Fsp3) is 0.667. The summed E-state index contributed by atoms with van der Waals surface area (Å²) >= 11 is 0. The second kappa shape index (κ2) is 12.7. The van der Waals surface area contributed by atoms with Gasteiger partial charge in [0, 0.05) is 50.9 Å². The molecule has 2 aliphatic rings. The zero-order valence-electron chi connectivity index (χ0n) is 17.9. The molecule has 6 nitrogen and oxygen atoms in total. The SMILES string of the molecule is COCC1(CNC(=O)C(C)N2CCN(c3ccc(F)cc3)CC2)CCNCC1.Cl.Cl. The predicted molar refractivity (Wildman–Crippen MR) is 124 cm³/mol. The smallest absolute Gasteiger partial charge is 0.237 e. The first kappa shape index (κ1) is 26.9. The van der Waals surface area contributed by atoms with Crippen molar-refractivity contribution in [1.29, 1.82) is 0 Å². The van der Waals surface area contributed by atoms with Gasteiger partial charge in [0.2, 0.25) is 5.91 Å². The fourth-order valence-corrected chi connectivity index (χ4v) is 4.24. The molecule has 0 spiro atoms. The number of rotatable bonds is 7. The molecule has 2 N–H and O–H groups in total. The molecule has 1 aromatic rings. The van der Waals surface area contributed by atoms with Crippen molar-refractivity contribution in [3.63, 3.8) is 0 Å². The molecule has 1 amide bonds. The number of amides is 1. The summed E-state index contributed by atoms with van der Waals surface area (Å²) in [4.78, 5) is 17.2. The molecule has 172 valence electrons. The molecule has 1 unspecified atom stereocenters. The average molecular weight is 465 g/mol. The first-order valence-electron chi connectivity index (χ1n) is 10.2. The van der Waals surface area contributed by atoms with Gasteiger partial charge in [-0.15, -0.1) is 24.8 Å². The van der Waals surface area contributed by atoms with Crippen LogP contribution in [0.2, 0.25) is 0 Å². The lowest BCUT2D eigenvalue weighted by molar-refractivity contribution is -0.126. The van der Waals surface area contributed by atoms with Crippen LogP contribution in [0.3, 0.4) is 0 Å². The molecule has 0 bridgehead atoms. The van der Waals surface area contributed by atoms with Crippen molar-refractivity contribution in [2.45, 2.75) is 25.8 Å². The van der Waals surface area contributed by atoms with E-state index in [0.717, 1.165) is 57.8 Å². The van der Waals surface area contributed by atoms with Crippen molar-refractivity contribution < 1.29 is 13.9 Å². The second-order valence-corrected chi connectivity index (χ2v) is 8.08. The molecule has 2 aliphatic heterocycles. The monoisotopic (exact) mass is 464 g/mol. The van der Waals surface area contributed by atoms with E-state index in [-0.39, 0.29) is 48.0 Å². The van der Waals surface area contributed by atoms with Crippen molar-refractivity contribution in [2.75, 3.05) is 64.4 Å². The van der Waals surface area contributed by atoms with Gasteiger partial charge in [0.25, 0.3) is 0 Å². The summed E-state index contributed by atoms with van der Waals surface area (Å²) in [6, 6.07) is 6.46. The van der Waals surface area contributed by atoms with Crippen LogP contribution < -0.4 is 15.5 Å². The Bertz CT molecular complexity index is 631. The van der Waals surface area contributed by atoms with Crippen molar-refractivity contribution in [3.05, 3.63) is 30.1 Å². The molecule has 9 heteroatoms. The number of methoxy groups -OCH3 is 1. The summed E-state index contributed by atoms with van der Waals surface area (Å²) in [5, 5.41) is 6.56. The Hall–Kier alpha value is -1.12. The van der Waals surface area contributed by atoms with E-state index >= 15 is 0 Å². The first-order valence-corrected chi connectivity index (χ1v) is 10.2. The van der Waals surface area contributed by atoms with Gasteiger partial charge in [-0.1, -0.05) is 0 Å². The number of nitrogens with one attached hydrogen (secondary N) is 2. The number of nitrogens with zero attached hydrogens (tertiary/aromatic N) is 2. The summed E-state index contributed by atoms with van der Waals surface area (Å²) in [6.07, 6.45) is 2.04. The molecule has 2 fully saturated rings. The Morgan fingerprint density at radius 3 is 2.33 bits per heavy atom. The third-order valence-corrected chi connectivity index (χ3v) is 6.19. The first-order chi connectivity index (χ1) is 13.5. The summed E-state index contributed by atoms with van der Waals surface area (Å²) in [7, 11) is 1.73. The summed E-state index contributed by atoms with van der Waals surface area (Å²) < 4.78 is 18.5. The van der Waals surface area contributed by atoms with Crippen molar-refractivity contribution in [2.24, 2.45) is 5.41 Å². The van der Waals surface area contributed by atoms with E-state index in [9.17, 15) is 9.18 Å². The molecule has 1 aromatic carbocycles. The highest BCUT2D eigenvalue weighted by Gasteiger charge is 2.34. The minimum Gasteiger partial charge on any atom is -0.384 e. The molecular formula is C21H35Cl2FN4O2. The molecule has 0 aliphatic carbocycles. The van der Waals surface area contributed by atoms with E-state index in [2.05, 4.69) is 20.4 Å². The normalized spacial score (nSPS) is 19.9. The van der Waals surface area contributed by atoms with Crippen LogP contribution in [0.15, 0.2) is 24.3 Å². The number of halogens is 3. The molecule has 2 heterocycles. The Kier molecular flexibility index (Phi) is 11.4. The van der Waals surface area contributed by atoms with Gasteiger partial charge < -0.3 is 20.3 Å². The maximum atomic E-state index is 13.1. The summed E-state index contributed by atoms with van der Waals surface area (Å²) in [5.41, 5.74) is 1.07. The minimum atomic E-state index is -0.215. The maximum absolute atomic E-state index is 13.1. The number of benzene rings is 1. The Balaban J connectivity index is 0.00000225. The highest BCUT2D eigenvalue weighted by atomic mass is 35.5. The lowest BCUT2D eigenvalue weighted by Crippen LogP contribution is -2.55. The number of anilines is 1. The highest BCUT2D eigenvalue weighted by molar-refractivity contribution is 5.85. The molecule has 3 rings (SSSR count). The van der Waals surface area contributed by atoms with Crippen LogP contribution in [0.1, 0.15) is 19.8 Å². The molecule has 2 saturated heterocycles. The zero-order valence-corrected chi connectivity index (χ0v) is 19.5. The molecule has 30 heavy (non-hydrogen) atoms. The lowest BCUT2D eigenvalue weighted by Gasteiger charge is -2.40. The maximum Gasteiger partial charge on any atom is 0.237 e.